The second-order valence-corrected chi connectivity index (χ2v) is 5.42. The minimum atomic E-state index is -0.945. The number of methoxy groups -OCH3 is 1. The first-order valence-electron chi connectivity index (χ1n) is 4.91. The summed E-state index contributed by atoms with van der Waals surface area (Å²) in [7, 11) is 1.32. The molecule has 0 aromatic heterocycles. The molecule has 0 aliphatic heterocycles. The molecule has 0 fully saturated rings. The van der Waals surface area contributed by atoms with E-state index in [-0.39, 0.29) is 0 Å². The van der Waals surface area contributed by atoms with Crippen molar-refractivity contribution >= 4 is 28.6 Å². The van der Waals surface area contributed by atoms with E-state index in [4.69, 9.17) is 0 Å². The van der Waals surface area contributed by atoms with Gasteiger partial charge in [0.25, 0.3) is 0 Å². The van der Waals surface area contributed by atoms with Crippen molar-refractivity contribution in [1.29, 1.82) is 0 Å². The van der Waals surface area contributed by atoms with Crippen LogP contribution in [0.5, 0.6) is 0 Å². The van der Waals surface area contributed by atoms with Gasteiger partial charge in [-0.2, -0.15) is 0 Å². The van der Waals surface area contributed by atoms with Crippen LogP contribution in [0.1, 0.15) is 25.5 Å². The number of hydrogen-bond acceptors (Lipinski definition) is 3. The van der Waals surface area contributed by atoms with E-state index in [2.05, 4.69) is 27.3 Å². The van der Waals surface area contributed by atoms with Gasteiger partial charge >= 0.3 is 5.97 Å². The molecule has 1 aromatic carbocycles. The van der Waals surface area contributed by atoms with Gasteiger partial charge in [-0.15, -0.1) is 0 Å². The Bertz CT molecular complexity index is 388. The van der Waals surface area contributed by atoms with Gasteiger partial charge in [0, 0.05) is 3.57 Å². The van der Waals surface area contributed by atoms with Crippen LogP contribution >= 0.6 is 22.6 Å². The van der Waals surface area contributed by atoms with Crippen LogP contribution < -0.4 is 0 Å². The molecule has 1 rings (SSSR count). The number of aliphatic hydroxyl groups is 1. The van der Waals surface area contributed by atoms with Crippen molar-refractivity contribution in [2.75, 3.05) is 7.11 Å². The lowest BCUT2D eigenvalue weighted by Crippen LogP contribution is -2.32. The predicted octanol–water partition coefficient (Wildman–Crippen LogP) is 2.52. The Labute approximate surface area is 109 Å². The van der Waals surface area contributed by atoms with Gasteiger partial charge in [-0.3, -0.25) is 4.79 Å². The van der Waals surface area contributed by atoms with E-state index in [1.165, 1.54) is 7.11 Å². The maximum Gasteiger partial charge on any atom is 0.314 e. The van der Waals surface area contributed by atoms with Crippen molar-refractivity contribution in [2.45, 2.75) is 20.0 Å². The molecule has 1 unspecified atom stereocenters. The highest BCUT2D eigenvalue weighted by Crippen LogP contribution is 2.34. The topological polar surface area (TPSA) is 46.5 Å². The van der Waals surface area contributed by atoms with E-state index in [0.29, 0.717) is 0 Å². The number of benzene rings is 1. The summed E-state index contributed by atoms with van der Waals surface area (Å²) in [6.07, 6.45) is -0.866. The van der Waals surface area contributed by atoms with E-state index >= 15 is 0 Å². The third-order valence-electron chi connectivity index (χ3n) is 2.56. The molecular formula is C12H15IO3. The first-order valence-corrected chi connectivity index (χ1v) is 5.99. The number of ether oxygens (including phenoxy) is 1. The summed E-state index contributed by atoms with van der Waals surface area (Å²) in [5.41, 5.74) is -0.221. The monoisotopic (exact) mass is 334 g/mol. The molecule has 0 bridgehead atoms. The van der Waals surface area contributed by atoms with Gasteiger partial charge in [-0.05, 0) is 54.1 Å². The summed E-state index contributed by atoms with van der Waals surface area (Å²) in [6.45, 7) is 3.34. The Hall–Kier alpha value is -0.620. The van der Waals surface area contributed by atoms with Gasteiger partial charge in [-0.25, -0.2) is 0 Å². The zero-order valence-electron chi connectivity index (χ0n) is 9.53. The summed E-state index contributed by atoms with van der Waals surface area (Å²) in [6, 6.07) is 7.45. The summed E-state index contributed by atoms with van der Waals surface area (Å²) >= 11 is 2.17. The predicted molar refractivity (Wildman–Crippen MR) is 69.9 cm³/mol. The highest BCUT2D eigenvalue weighted by molar-refractivity contribution is 14.1. The van der Waals surface area contributed by atoms with Crippen LogP contribution in [0.2, 0.25) is 0 Å². The fourth-order valence-corrected chi connectivity index (χ4v) is 2.04. The molecule has 0 aliphatic carbocycles. The number of esters is 1. The zero-order chi connectivity index (χ0) is 12.3. The van der Waals surface area contributed by atoms with Gasteiger partial charge in [0.05, 0.1) is 18.6 Å². The van der Waals surface area contributed by atoms with Gasteiger partial charge < -0.3 is 9.84 Å². The Kier molecular flexibility index (Phi) is 4.32. The number of halogens is 1. The Morgan fingerprint density at radius 3 is 2.62 bits per heavy atom. The normalized spacial score (nSPS) is 13.3. The van der Waals surface area contributed by atoms with Crippen molar-refractivity contribution in [2.24, 2.45) is 5.41 Å². The molecule has 0 radical (unpaired) electrons. The summed E-state index contributed by atoms with van der Waals surface area (Å²) in [4.78, 5) is 11.5. The average Bonchev–Trinajstić information content (AvgIpc) is 2.26. The molecule has 0 saturated heterocycles. The van der Waals surface area contributed by atoms with E-state index in [9.17, 15) is 9.90 Å². The maximum absolute atomic E-state index is 11.5. The Balaban J connectivity index is 3.01. The first kappa shape index (κ1) is 13.4. The maximum atomic E-state index is 11.5. The lowest BCUT2D eigenvalue weighted by molar-refractivity contribution is -0.157. The highest BCUT2D eigenvalue weighted by atomic mass is 127. The van der Waals surface area contributed by atoms with Crippen LogP contribution in [0, 0.1) is 8.99 Å². The fourth-order valence-electron chi connectivity index (χ4n) is 1.47. The Morgan fingerprint density at radius 1 is 1.50 bits per heavy atom. The lowest BCUT2D eigenvalue weighted by atomic mass is 9.83. The van der Waals surface area contributed by atoms with Crippen molar-refractivity contribution in [3.8, 4) is 0 Å². The van der Waals surface area contributed by atoms with Crippen LogP contribution in [0.4, 0.5) is 0 Å². The van der Waals surface area contributed by atoms with Crippen molar-refractivity contribution in [3.05, 3.63) is 33.4 Å². The van der Waals surface area contributed by atoms with Crippen molar-refractivity contribution in [1.82, 2.24) is 0 Å². The fraction of sp³-hybridized carbons (Fsp3) is 0.417. The number of carbonyl (C=O) groups is 1. The van der Waals surface area contributed by atoms with Gasteiger partial charge in [-0.1, -0.05) is 12.1 Å². The third-order valence-corrected chi connectivity index (χ3v) is 3.23. The second-order valence-electron chi connectivity index (χ2n) is 4.17. The van der Waals surface area contributed by atoms with Crippen molar-refractivity contribution in [3.63, 3.8) is 0 Å². The van der Waals surface area contributed by atoms with Crippen LogP contribution in [0.15, 0.2) is 24.3 Å². The smallest absolute Gasteiger partial charge is 0.314 e. The van der Waals surface area contributed by atoms with E-state index in [1.54, 1.807) is 19.9 Å². The minimum absolute atomic E-state index is 0.418. The molecule has 0 spiro atoms. The molecule has 16 heavy (non-hydrogen) atoms. The van der Waals surface area contributed by atoms with Crippen LogP contribution in [-0.4, -0.2) is 18.2 Å². The second kappa shape index (κ2) is 5.14. The molecule has 1 aromatic rings. The summed E-state index contributed by atoms with van der Waals surface area (Å²) in [5.74, 6) is -0.418. The van der Waals surface area contributed by atoms with Crippen molar-refractivity contribution < 1.29 is 14.6 Å². The van der Waals surface area contributed by atoms with Gasteiger partial charge in [0.1, 0.15) is 0 Å². The third kappa shape index (κ3) is 2.74. The van der Waals surface area contributed by atoms with Gasteiger partial charge in [0.2, 0.25) is 0 Å². The molecule has 0 amide bonds. The first-order chi connectivity index (χ1) is 7.39. The number of aliphatic hydroxyl groups excluding tert-OH is 1. The number of carbonyl (C=O) groups excluding carboxylic acids is 1. The molecule has 0 heterocycles. The molecule has 3 nitrogen and oxygen atoms in total. The zero-order valence-corrected chi connectivity index (χ0v) is 11.7. The molecule has 1 atom stereocenters. The largest absolute Gasteiger partial charge is 0.469 e. The van der Waals surface area contributed by atoms with Crippen LogP contribution in [0.3, 0.4) is 0 Å². The molecule has 4 heteroatoms. The summed E-state index contributed by atoms with van der Waals surface area (Å²) in [5, 5.41) is 10.2. The SMILES string of the molecule is COC(=O)C(C)(C)C(O)c1cccc(I)c1. The molecule has 88 valence electrons. The molecule has 1 N–H and O–H groups in total. The van der Waals surface area contributed by atoms with E-state index < -0.39 is 17.5 Å². The minimum Gasteiger partial charge on any atom is -0.469 e. The number of hydrogen-bond donors (Lipinski definition) is 1. The van der Waals surface area contributed by atoms with E-state index in [1.807, 2.05) is 18.2 Å². The highest BCUT2D eigenvalue weighted by Gasteiger charge is 2.37. The average molecular weight is 334 g/mol. The quantitative estimate of drug-likeness (QED) is 0.683. The molecule has 0 aliphatic rings. The standard InChI is InChI=1S/C12H15IO3/c1-12(2,11(15)16-3)10(14)8-5-4-6-9(13)7-8/h4-7,10,14H,1-3H3. The van der Waals surface area contributed by atoms with Crippen LogP contribution in [-0.2, 0) is 9.53 Å². The van der Waals surface area contributed by atoms with Crippen LogP contribution in [0.25, 0.3) is 0 Å². The number of rotatable bonds is 3. The molecular weight excluding hydrogens is 319 g/mol. The lowest BCUT2D eigenvalue weighted by Gasteiger charge is -2.27. The van der Waals surface area contributed by atoms with E-state index in [0.717, 1.165) is 9.13 Å². The van der Waals surface area contributed by atoms with Gasteiger partial charge in [0.15, 0.2) is 0 Å². The summed E-state index contributed by atoms with van der Waals surface area (Å²) < 4.78 is 5.71. The molecule has 0 saturated carbocycles. The Morgan fingerprint density at radius 2 is 2.12 bits per heavy atom.